The van der Waals surface area contributed by atoms with Crippen molar-refractivity contribution in [2.24, 2.45) is 0 Å². The topological polar surface area (TPSA) is 68.6 Å². The zero-order chi connectivity index (χ0) is 21.8. The highest BCUT2D eigenvalue weighted by Gasteiger charge is 2.44. The molecule has 0 aliphatic carbocycles. The molecule has 6 nitrogen and oxygen atoms in total. The molecule has 2 aromatic rings. The molecule has 2 heterocycles. The number of ether oxygens (including phenoxy) is 1. The van der Waals surface area contributed by atoms with Crippen molar-refractivity contribution in [2.45, 2.75) is 31.1 Å². The molecule has 0 saturated carbocycles. The molecule has 0 bridgehead atoms. The molecule has 0 aromatic heterocycles. The molecule has 0 radical (unpaired) electrons. The van der Waals surface area contributed by atoms with E-state index in [-0.39, 0.29) is 11.5 Å². The third kappa shape index (κ3) is 5.44. The van der Waals surface area contributed by atoms with Crippen LogP contribution in [0.25, 0.3) is 0 Å². The van der Waals surface area contributed by atoms with E-state index in [9.17, 15) is 4.79 Å². The molecule has 1 atom stereocenters. The molecular weight excluding hydrogens is 412 g/mol. The first kappa shape index (κ1) is 21.8. The Labute approximate surface area is 188 Å². The average Bonchev–Trinajstić information content (AvgIpc) is 2.75. The molecule has 2 saturated heterocycles. The van der Waals surface area contributed by atoms with Crippen LogP contribution in [0.2, 0.25) is 5.02 Å². The number of nitriles is 1. The summed E-state index contributed by atoms with van der Waals surface area (Å²) in [5.74, 6) is -0.135. The van der Waals surface area contributed by atoms with Crippen LogP contribution in [-0.2, 0) is 16.1 Å². The second-order valence-electron chi connectivity index (χ2n) is 8.57. The van der Waals surface area contributed by atoms with Gasteiger partial charge in [-0.05, 0) is 55.8 Å². The van der Waals surface area contributed by atoms with Crippen molar-refractivity contribution in [2.75, 3.05) is 38.5 Å². The fourth-order valence-electron chi connectivity index (χ4n) is 4.53. The van der Waals surface area contributed by atoms with Crippen LogP contribution in [0.5, 0.6) is 0 Å². The summed E-state index contributed by atoms with van der Waals surface area (Å²) in [6, 6.07) is 17.1. The van der Waals surface area contributed by atoms with Crippen LogP contribution in [0.1, 0.15) is 24.0 Å². The summed E-state index contributed by atoms with van der Waals surface area (Å²) in [6.45, 7) is 4.01. The summed E-state index contributed by atoms with van der Waals surface area (Å²) in [4.78, 5) is 17.5. The summed E-state index contributed by atoms with van der Waals surface area (Å²) < 4.78 is 6.43. The van der Waals surface area contributed by atoms with E-state index in [1.807, 2.05) is 37.4 Å². The molecule has 1 amide bonds. The highest BCUT2D eigenvalue weighted by Crippen LogP contribution is 2.33. The largest absolute Gasteiger partial charge is 0.359 e. The summed E-state index contributed by atoms with van der Waals surface area (Å²) in [6.07, 6.45) is 1.23. The molecule has 0 unspecified atom stereocenters. The van der Waals surface area contributed by atoms with Crippen molar-refractivity contribution in [3.05, 3.63) is 64.7 Å². The summed E-state index contributed by atoms with van der Waals surface area (Å²) in [5, 5.41) is 12.6. The Morgan fingerprint density at radius 3 is 2.77 bits per heavy atom. The Morgan fingerprint density at radius 2 is 2.03 bits per heavy atom. The minimum Gasteiger partial charge on any atom is -0.359 e. The van der Waals surface area contributed by atoms with Gasteiger partial charge in [0, 0.05) is 43.4 Å². The van der Waals surface area contributed by atoms with Gasteiger partial charge >= 0.3 is 0 Å². The second kappa shape index (κ2) is 9.37. The molecule has 2 fully saturated rings. The number of likely N-dealkylation sites (N-methyl/N-ethyl adjacent to an activating group) is 1. The first-order chi connectivity index (χ1) is 14.9. The number of carbonyl (C=O) groups is 1. The van der Waals surface area contributed by atoms with Crippen LogP contribution in [0.3, 0.4) is 0 Å². The van der Waals surface area contributed by atoms with Gasteiger partial charge in [-0.15, -0.1) is 0 Å². The molecule has 31 heavy (non-hydrogen) atoms. The zero-order valence-electron chi connectivity index (χ0n) is 17.7. The molecule has 2 aromatic carbocycles. The van der Waals surface area contributed by atoms with Gasteiger partial charge in [-0.2, -0.15) is 5.26 Å². The molecule has 1 spiro atoms. The number of amides is 1. The van der Waals surface area contributed by atoms with Gasteiger partial charge in [-0.3, -0.25) is 9.69 Å². The van der Waals surface area contributed by atoms with Crippen LogP contribution in [0.15, 0.2) is 48.5 Å². The second-order valence-corrected chi connectivity index (χ2v) is 9.01. The maximum atomic E-state index is 12.9. The van der Waals surface area contributed by atoms with Crippen LogP contribution >= 0.6 is 11.6 Å². The number of anilines is 1. The standard InChI is InChI=1S/C24H27ClN4O2/c1-28-16-22(23(30)27-21-7-3-6-20(25)13-21)31-24(17-28)8-10-29(11-9-24)15-19-5-2-4-18(12-19)14-26/h2-7,12-13,22H,8-11,15-17H2,1H3,(H,27,30)/t22-/m0/s1. The van der Waals surface area contributed by atoms with Gasteiger partial charge in [-0.1, -0.05) is 29.8 Å². The number of morpholine rings is 1. The number of halogens is 1. The lowest BCUT2D eigenvalue weighted by Crippen LogP contribution is -2.60. The number of nitrogens with zero attached hydrogens (tertiary/aromatic N) is 3. The molecule has 162 valence electrons. The van der Waals surface area contributed by atoms with E-state index < -0.39 is 6.10 Å². The maximum absolute atomic E-state index is 12.9. The van der Waals surface area contributed by atoms with Gasteiger partial charge in [0.2, 0.25) is 0 Å². The van der Waals surface area contributed by atoms with Gasteiger partial charge in [0.25, 0.3) is 5.91 Å². The molecule has 4 rings (SSSR count). The smallest absolute Gasteiger partial charge is 0.254 e. The number of hydrogen-bond donors (Lipinski definition) is 1. The maximum Gasteiger partial charge on any atom is 0.254 e. The van der Waals surface area contributed by atoms with Gasteiger partial charge in [-0.25, -0.2) is 0 Å². The van der Waals surface area contributed by atoms with Crippen LogP contribution in [-0.4, -0.2) is 60.6 Å². The molecule has 7 heteroatoms. The summed E-state index contributed by atoms with van der Waals surface area (Å²) >= 11 is 6.03. The molecule has 1 N–H and O–H groups in total. The Morgan fingerprint density at radius 1 is 1.26 bits per heavy atom. The number of likely N-dealkylation sites (tertiary alicyclic amines) is 1. The lowest BCUT2D eigenvalue weighted by Gasteiger charge is -2.48. The van der Waals surface area contributed by atoms with Crippen molar-refractivity contribution in [1.82, 2.24) is 9.80 Å². The number of carbonyl (C=O) groups excluding carboxylic acids is 1. The van der Waals surface area contributed by atoms with E-state index in [0.717, 1.165) is 44.6 Å². The van der Waals surface area contributed by atoms with Gasteiger partial charge in [0.05, 0.1) is 17.2 Å². The van der Waals surface area contributed by atoms with Gasteiger partial charge in [0.15, 0.2) is 0 Å². The van der Waals surface area contributed by atoms with E-state index in [2.05, 4.69) is 27.3 Å². The molecule has 2 aliphatic heterocycles. The fourth-order valence-corrected chi connectivity index (χ4v) is 4.72. The van der Waals surface area contributed by atoms with E-state index >= 15 is 0 Å². The van der Waals surface area contributed by atoms with Crippen LogP contribution in [0.4, 0.5) is 5.69 Å². The van der Waals surface area contributed by atoms with Crippen molar-refractivity contribution in [3.8, 4) is 6.07 Å². The summed E-state index contributed by atoms with van der Waals surface area (Å²) in [7, 11) is 2.05. The number of rotatable bonds is 4. The lowest BCUT2D eigenvalue weighted by atomic mass is 9.88. The van der Waals surface area contributed by atoms with E-state index in [4.69, 9.17) is 21.6 Å². The first-order valence-corrected chi connectivity index (χ1v) is 11.0. The normalized spacial score (nSPS) is 21.5. The van der Waals surface area contributed by atoms with E-state index in [0.29, 0.717) is 22.8 Å². The predicted molar refractivity (Wildman–Crippen MR) is 121 cm³/mol. The zero-order valence-corrected chi connectivity index (χ0v) is 18.4. The van der Waals surface area contributed by atoms with Crippen LogP contribution in [0, 0.1) is 11.3 Å². The molecule has 2 aliphatic rings. The third-order valence-corrected chi connectivity index (χ3v) is 6.28. The first-order valence-electron chi connectivity index (χ1n) is 10.6. The average molecular weight is 439 g/mol. The summed E-state index contributed by atoms with van der Waals surface area (Å²) in [5.41, 5.74) is 2.21. The minimum atomic E-state index is -0.517. The fraction of sp³-hybridized carbons (Fsp3) is 0.417. The lowest BCUT2D eigenvalue weighted by molar-refractivity contribution is -0.178. The highest BCUT2D eigenvalue weighted by molar-refractivity contribution is 6.30. The predicted octanol–water partition coefficient (Wildman–Crippen LogP) is 3.52. The van der Waals surface area contributed by atoms with E-state index in [1.54, 1.807) is 12.1 Å². The number of piperidine rings is 1. The molecular formula is C24H27ClN4O2. The van der Waals surface area contributed by atoms with E-state index in [1.165, 1.54) is 0 Å². The van der Waals surface area contributed by atoms with Gasteiger partial charge in [0.1, 0.15) is 6.10 Å². The number of benzene rings is 2. The highest BCUT2D eigenvalue weighted by atomic mass is 35.5. The third-order valence-electron chi connectivity index (χ3n) is 6.04. The number of nitrogens with one attached hydrogen (secondary N) is 1. The Bertz CT molecular complexity index is 982. The Kier molecular flexibility index (Phi) is 6.59. The van der Waals surface area contributed by atoms with Gasteiger partial charge < -0.3 is 15.0 Å². The van der Waals surface area contributed by atoms with Crippen molar-refractivity contribution >= 4 is 23.2 Å². The van der Waals surface area contributed by atoms with Crippen molar-refractivity contribution in [1.29, 1.82) is 5.26 Å². The van der Waals surface area contributed by atoms with Crippen molar-refractivity contribution in [3.63, 3.8) is 0 Å². The number of hydrogen-bond acceptors (Lipinski definition) is 5. The minimum absolute atomic E-state index is 0.135. The Hall–Kier alpha value is -2.43. The van der Waals surface area contributed by atoms with Crippen molar-refractivity contribution < 1.29 is 9.53 Å². The monoisotopic (exact) mass is 438 g/mol. The van der Waals surface area contributed by atoms with Crippen LogP contribution < -0.4 is 5.32 Å². The SMILES string of the molecule is CN1C[C@@H](C(=O)Nc2cccc(Cl)c2)OC2(CCN(Cc3cccc(C#N)c3)CC2)C1. The Balaban J connectivity index is 1.36. The quantitative estimate of drug-likeness (QED) is 0.791.